The van der Waals surface area contributed by atoms with Gasteiger partial charge < -0.3 is 9.64 Å². The van der Waals surface area contributed by atoms with Crippen LogP contribution in [0.3, 0.4) is 0 Å². The summed E-state index contributed by atoms with van der Waals surface area (Å²) >= 11 is 1.58. The van der Waals surface area contributed by atoms with Gasteiger partial charge in [0.15, 0.2) is 16.4 Å². The first kappa shape index (κ1) is 25.6. The maximum atomic E-state index is 13.2. The summed E-state index contributed by atoms with van der Waals surface area (Å²) in [4.78, 5) is 32.5. The Morgan fingerprint density at radius 3 is 2.55 bits per heavy atom. The summed E-state index contributed by atoms with van der Waals surface area (Å²) in [7, 11) is -3.11. The summed E-state index contributed by atoms with van der Waals surface area (Å²) in [5.74, 6) is -0.624. The number of esters is 1. The van der Waals surface area contributed by atoms with Crippen LogP contribution >= 0.6 is 11.3 Å². The van der Waals surface area contributed by atoms with E-state index in [1.54, 1.807) is 16.2 Å². The lowest BCUT2D eigenvalue weighted by atomic mass is 9.79. The van der Waals surface area contributed by atoms with Gasteiger partial charge in [0.2, 0.25) is 0 Å². The van der Waals surface area contributed by atoms with E-state index in [-0.39, 0.29) is 30.1 Å². The molecule has 1 amide bonds. The lowest BCUT2D eigenvalue weighted by Crippen LogP contribution is -2.45. The lowest BCUT2D eigenvalue weighted by Gasteiger charge is -2.30. The van der Waals surface area contributed by atoms with E-state index in [1.807, 2.05) is 45.0 Å². The van der Waals surface area contributed by atoms with Crippen molar-refractivity contribution in [2.24, 2.45) is 5.41 Å². The Morgan fingerprint density at radius 1 is 1.21 bits per heavy atom. The average molecular weight is 495 g/mol. The fraction of sp³-hybridized carbons (Fsp3) is 0.625. The Morgan fingerprint density at radius 2 is 1.94 bits per heavy atom. The second kappa shape index (κ2) is 11.0. The van der Waals surface area contributed by atoms with Crippen LogP contribution in [0.5, 0.6) is 0 Å². The summed E-state index contributed by atoms with van der Waals surface area (Å²) in [6.45, 7) is 6.05. The highest BCUT2D eigenvalue weighted by Gasteiger charge is 2.39. The number of carbonyl (C=O) groups is 2. The van der Waals surface area contributed by atoms with Crippen LogP contribution in [-0.2, 0) is 30.6 Å². The van der Waals surface area contributed by atoms with Crippen LogP contribution in [-0.4, -0.2) is 60.9 Å². The molecule has 0 saturated carbocycles. The van der Waals surface area contributed by atoms with E-state index in [1.165, 1.54) is 0 Å². The quantitative estimate of drug-likeness (QED) is 0.438. The molecular formula is C24H34N2O5S2. The number of hydrogen-bond acceptors (Lipinski definition) is 7. The maximum Gasteiger partial charge on any atom is 0.312 e. The highest BCUT2D eigenvalue weighted by Crippen LogP contribution is 2.35. The topological polar surface area (TPSA) is 93.6 Å². The predicted octanol–water partition coefficient (Wildman–Crippen LogP) is 4.00. The van der Waals surface area contributed by atoms with Gasteiger partial charge >= 0.3 is 5.97 Å². The molecule has 1 aromatic heterocycles. The van der Waals surface area contributed by atoms with Gasteiger partial charge in [-0.1, -0.05) is 39.3 Å². The molecule has 2 aromatic rings. The standard InChI is InChI=1S/C24H34N2O5S2/c1-4-7-13-26(18-12-14-33(29,30)17-18)22(27)16-31-23(28)24(5-2,6-3)15-21-25-19-10-8-9-11-20(19)32-21/h8-11,18H,4-7,12-17H2,1-3H3. The number of ether oxygens (including phenoxy) is 1. The molecule has 0 spiro atoms. The van der Waals surface area contributed by atoms with Gasteiger partial charge in [-0.2, -0.15) is 0 Å². The van der Waals surface area contributed by atoms with Crippen LogP contribution in [0.25, 0.3) is 10.2 Å². The number of fused-ring (bicyclic) bond motifs is 1. The van der Waals surface area contributed by atoms with Gasteiger partial charge in [0, 0.05) is 19.0 Å². The number of rotatable bonds is 11. The molecule has 0 aliphatic carbocycles. The predicted molar refractivity (Wildman–Crippen MR) is 131 cm³/mol. The molecule has 1 aromatic carbocycles. The average Bonchev–Trinajstić information content (AvgIpc) is 3.37. The van der Waals surface area contributed by atoms with Crippen LogP contribution < -0.4 is 0 Å². The second-order valence-electron chi connectivity index (χ2n) is 8.81. The molecule has 2 heterocycles. The minimum Gasteiger partial charge on any atom is -0.455 e. The number of nitrogens with zero attached hydrogens (tertiary/aromatic N) is 2. The summed E-state index contributed by atoms with van der Waals surface area (Å²) in [5, 5.41) is 0.879. The molecule has 0 N–H and O–H groups in total. The molecule has 33 heavy (non-hydrogen) atoms. The Bertz CT molecular complexity index is 1040. The van der Waals surface area contributed by atoms with Crippen LogP contribution in [0.15, 0.2) is 24.3 Å². The molecule has 1 aliphatic heterocycles. The van der Waals surface area contributed by atoms with Crippen molar-refractivity contribution in [1.29, 1.82) is 0 Å². The summed E-state index contributed by atoms with van der Waals surface area (Å²) < 4.78 is 30.5. The van der Waals surface area contributed by atoms with E-state index in [2.05, 4.69) is 4.98 Å². The molecule has 7 nitrogen and oxygen atoms in total. The van der Waals surface area contributed by atoms with Crippen molar-refractivity contribution in [3.8, 4) is 0 Å². The van der Waals surface area contributed by atoms with Gasteiger partial charge in [0.05, 0.1) is 32.1 Å². The van der Waals surface area contributed by atoms with Crippen molar-refractivity contribution in [2.45, 2.75) is 65.3 Å². The summed E-state index contributed by atoms with van der Waals surface area (Å²) in [6, 6.07) is 7.55. The van der Waals surface area contributed by atoms with Crippen LogP contribution in [0, 0.1) is 5.41 Å². The van der Waals surface area contributed by atoms with Crippen LogP contribution in [0.4, 0.5) is 0 Å². The number of aromatic nitrogens is 1. The number of hydrogen-bond donors (Lipinski definition) is 0. The first-order valence-electron chi connectivity index (χ1n) is 11.7. The number of thiazole rings is 1. The summed E-state index contributed by atoms with van der Waals surface area (Å²) in [5.41, 5.74) is 0.166. The van der Waals surface area contributed by atoms with Crippen molar-refractivity contribution >= 4 is 43.3 Å². The van der Waals surface area contributed by atoms with Crippen molar-refractivity contribution in [3.63, 3.8) is 0 Å². The van der Waals surface area contributed by atoms with Crippen molar-refractivity contribution < 1.29 is 22.7 Å². The van der Waals surface area contributed by atoms with Gasteiger partial charge in [0.25, 0.3) is 5.91 Å². The van der Waals surface area contributed by atoms with Crippen molar-refractivity contribution in [3.05, 3.63) is 29.3 Å². The van der Waals surface area contributed by atoms with E-state index in [0.29, 0.717) is 32.2 Å². The molecule has 0 radical (unpaired) electrons. The highest BCUT2D eigenvalue weighted by molar-refractivity contribution is 7.91. The third-order valence-corrected chi connectivity index (χ3v) is 9.45. The molecule has 9 heteroatoms. The van der Waals surface area contributed by atoms with Gasteiger partial charge in [-0.3, -0.25) is 9.59 Å². The number of para-hydroxylation sites is 1. The first-order chi connectivity index (χ1) is 15.7. The fourth-order valence-electron chi connectivity index (χ4n) is 4.37. The number of carbonyl (C=O) groups excluding carboxylic acids is 2. The molecule has 1 unspecified atom stereocenters. The zero-order chi connectivity index (χ0) is 24.1. The van der Waals surface area contributed by atoms with Crippen LogP contribution in [0.2, 0.25) is 0 Å². The number of benzene rings is 1. The molecule has 1 fully saturated rings. The smallest absolute Gasteiger partial charge is 0.312 e. The van der Waals surface area contributed by atoms with E-state index in [4.69, 9.17) is 4.74 Å². The largest absolute Gasteiger partial charge is 0.455 e. The Hall–Kier alpha value is -2.00. The molecular weight excluding hydrogens is 460 g/mol. The van der Waals surface area contributed by atoms with Gasteiger partial charge in [-0.05, 0) is 37.8 Å². The van der Waals surface area contributed by atoms with Gasteiger partial charge in [0.1, 0.15) is 0 Å². The Balaban J connectivity index is 1.68. The molecule has 3 rings (SSSR count). The Kier molecular flexibility index (Phi) is 8.50. The zero-order valence-electron chi connectivity index (χ0n) is 19.7. The van der Waals surface area contributed by atoms with Gasteiger partial charge in [-0.25, -0.2) is 13.4 Å². The van der Waals surface area contributed by atoms with E-state index in [9.17, 15) is 18.0 Å². The number of amides is 1. The monoisotopic (exact) mass is 494 g/mol. The third-order valence-electron chi connectivity index (χ3n) is 6.66. The number of unbranched alkanes of at least 4 members (excludes halogenated alkanes) is 1. The van der Waals surface area contributed by atoms with Crippen molar-refractivity contribution in [1.82, 2.24) is 9.88 Å². The highest BCUT2D eigenvalue weighted by atomic mass is 32.2. The molecule has 1 atom stereocenters. The molecule has 0 bridgehead atoms. The third kappa shape index (κ3) is 6.12. The Labute approximate surface area is 200 Å². The first-order valence-corrected chi connectivity index (χ1v) is 14.4. The van der Waals surface area contributed by atoms with Gasteiger partial charge in [-0.15, -0.1) is 11.3 Å². The summed E-state index contributed by atoms with van der Waals surface area (Å²) in [6.07, 6.45) is 3.73. The van der Waals surface area contributed by atoms with E-state index in [0.717, 1.165) is 28.1 Å². The molecule has 1 aliphatic rings. The fourth-order valence-corrected chi connectivity index (χ4v) is 7.21. The molecule has 182 valence electrons. The minimum atomic E-state index is -3.11. The lowest BCUT2D eigenvalue weighted by molar-refractivity contribution is -0.162. The van der Waals surface area contributed by atoms with E-state index < -0.39 is 21.2 Å². The minimum absolute atomic E-state index is 0.0120. The zero-order valence-corrected chi connectivity index (χ0v) is 21.3. The number of sulfone groups is 1. The van der Waals surface area contributed by atoms with Crippen molar-refractivity contribution in [2.75, 3.05) is 24.7 Å². The van der Waals surface area contributed by atoms with Crippen LogP contribution in [0.1, 0.15) is 57.9 Å². The second-order valence-corrected chi connectivity index (χ2v) is 12.2. The SMILES string of the molecule is CCCCN(C(=O)COC(=O)C(CC)(CC)Cc1nc2ccccc2s1)C1CCS(=O)(=O)C1. The molecule has 1 saturated heterocycles. The maximum absolute atomic E-state index is 13.2. The normalized spacial score (nSPS) is 17.8. The van der Waals surface area contributed by atoms with E-state index >= 15 is 0 Å².